The fraction of sp³-hybridized carbons (Fsp3) is 0.308. The van der Waals surface area contributed by atoms with Crippen LogP contribution in [-0.2, 0) is 6.42 Å². The summed E-state index contributed by atoms with van der Waals surface area (Å²) >= 11 is 0. The Morgan fingerprint density at radius 2 is 2.00 bits per heavy atom. The standard InChI is InChI=1S/C13H16N2/c1-3-10-5-7-12-11(9-10)6-8-13(15-12)14-4-2/h5-9H,3-4H2,1-2H3,(H,14,15). The van der Waals surface area contributed by atoms with Gasteiger partial charge in [0.15, 0.2) is 0 Å². The maximum absolute atomic E-state index is 4.53. The summed E-state index contributed by atoms with van der Waals surface area (Å²) in [7, 11) is 0. The molecular formula is C13H16N2. The monoisotopic (exact) mass is 200 g/mol. The lowest BCUT2D eigenvalue weighted by Crippen LogP contribution is -1.98. The van der Waals surface area contributed by atoms with Crippen LogP contribution in [0.15, 0.2) is 30.3 Å². The lowest BCUT2D eigenvalue weighted by molar-refractivity contribution is 1.14. The summed E-state index contributed by atoms with van der Waals surface area (Å²) < 4.78 is 0. The number of fused-ring (bicyclic) bond motifs is 1. The highest BCUT2D eigenvalue weighted by Gasteiger charge is 1.98. The molecule has 2 nitrogen and oxygen atoms in total. The number of nitrogens with one attached hydrogen (secondary N) is 1. The average molecular weight is 200 g/mol. The number of rotatable bonds is 3. The Balaban J connectivity index is 2.45. The van der Waals surface area contributed by atoms with E-state index in [-0.39, 0.29) is 0 Å². The van der Waals surface area contributed by atoms with Crippen molar-refractivity contribution in [3.63, 3.8) is 0 Å². The molecular weight excluding hydrogens is 184 g/mol. The van der Waals surface area contributed by atoms with Crippen molar-refractivity contribution < 1.29 is 0 Å². The topological polar surface area (TPSA) is 24.9 Å². The van der Waals surface area contributed by atoms with Gasteiger partial charge in [-0.05, 0) is 43.2 Å². The van der Waals surface area contributed by atoms with Gasteiger partial charge in [-0.25, -0.2) is 4.98 Å². The van der Waals surface area contributed by atoms with Gasteiger partial charge in [0, 0.05) is 11.9 Å². The Kier molecular flexibility index (Phi) is 2.86. The second-order valence-electron chi connectivity index (χ2n) is 3.61. The first-order valence-corrected chi connectivity index (χ1v) is 5.47. The van der Waals surface area contributed by atoms with E-state index >= 15 is 0 Å². The Labute approximate surface area is 90.3 Å². The molecule has 1 heterocycles. The highest BCUT2D eigenvalue weighted by Crippen LogP contribution is 2.17. The maximum atomic E-state index is 4.53. The third kappa shape index (κ3) is 2.09. The van der Waals surface area contributed by atoms with Crippen molar-refractivity contribution >= 4 is 16.7 Å². The molecule has 0 saturated carbocycles. The lowest BCUT2D eigenvalue weighted by atomic mass is 10.1. The van der Waals surface area contributed by atoms with Crippen molar-refractivity contribution in [1.29, 1.82) is 0 Å². The molecule has 2 heteroatoms. The summed E-state index contributed by atoms with van der Waals surface area (Å²) in [4.78, 5) is 4.53. The van der Waals surface area contributed by atoms with Gasteiger partial charge in [-0.3, -0.25) is 0 Å². The minimum absolute atomic E-state index is 0.908. The summed E-state index contributed by atoms with van der Waals surface area (Å²) in [5.74, 6) is 0.953. The molecule has 0 radical (unpaired) electrons. The van der Waals surface area contributed by atoms with Crippen LogP contribution in [0.3, 0.4) is 0 Å². The maximum Gasteiger partial charge on any atom is 0.126 e. The number of anilines is 1. The van der Waals surface area contributed by atoms with Gasteiger partial charge in [0.1, 0.15) is 5.82 Å². The van der Waals surface area contributed by atoms with E-state index in [1.165, 1.54) is 10.9 Å². The number of aromatic nitrogens is 1. The van der Waals surface area contributed by atoms with E-state index in [9.17, 15) is 0 Å². The summed E-state index contributed by atoms with van der Waals surface area (Å²) in [5, 5.41) is 4.44. The van der Waals surface area contributed by atoms with E-state index in [0.717, 1.165) is 24.3 Å². The Bertz CT molecular complexity index is 463. The van der Waals surface area contributed by atoms with Crippen molar-refractivity contribution in [1.82, 2.24) is 4.98 Å². The zero-order valence-electron chi connectivity index (χ0n) is 9.25. The predicted molar refractivity (Wildman–Crippen MR) is 65.3 cm³/mol. The van der Waals surface area contributed by atoms with Crippen LogP contribution < -0.4 is 5.32 Å². The van der Waals surface area contributed by atoms with E-state index in [1.54, 1.807) is 0 Å². The fourth-order valence-corrected chi connectivity index (χ4v) is 1.67. The van der Waals surface area contributed by atoms with Crippen LogP contribution in [0.4, 0.5) is 5.82 Å². The number of pyridine rings is 1. The normalized spacial score (nSPS) is 10.5. The summed E-state index contributed by atoms with van der Waals surface area (Å²) in [6.45, 7) is 5.15. The van der Waals surface area contributed by atoms with E-state index < -0.39 is 0 Å². The first kappa shape index (κ1) is 9.97. The molecule has 0 saturated heterocycles. The quantitative estimate of drug-likeness (QED) is 0.822. The van der Waals surface area contributed by atoms with Gasteiger partial charge in [0.25, 0.3) is 0 Å². The smallest absolute Gasteiger partial charge is 0.126 e. The third-order valence-corrected chi connectivity index (χ3v) is 2.52. The third-order valence-electron chi connectivity index (χ3n) is 2.52. The van der Waals surface area contributed by atoms with Crippen molar-refractivity contribution in [3.05, 3.63) is 35.9 Å². The molecule has 1 aromatic carbocycles. The molecule has 0 fully saturated rings. The molecule has 0 aliphatic rings. The summed E-state index contributed by atoms with van der Waals surface area (Å²) in [5.41, 5.74) is 2.42. The van der Waals surface area contributed by atoms with Crippen LogP contribution in [0.1, 0.15) is 19.4 Å². The van der Waals surface area contributed by atoms with Crippen molar-refractivity contribution in [2.45, 2.75) is 20.3 Å². The largest absolute Gasteiger partial charge is 0.370 e. The molecule has 15 heavy (non-hydrogen) atoms. The molecule has 0 amide bonds. The van der Waals surface area contributed by atoms with E-state index in [2.05, 4.69) is 48.4 Å². The molecule has 78 valence electrons. The van der Waals surface area contributed by atoms with Gasteiger partial charge in [-0.2, -0.15) is 0 Å². The van der Waals surface area contributed by atoms with Crippen LogP contribution in [0.5, 0.6) is 0 Å². The zero-order chi connectivity index (χ0) is 10.7. The number of hydrogen-bond acceptors (Lipinski definition) is 2. The number of nitrogens with zero attached hydrogens (tertiary/aromatic N) is 1. The molecule has 0 spiro atoms. The van der Waals surface area contributed by atoms with E-state index in [1.807, 2.05) is 6.07 Å². The van der Waals surface area contributed by atoms with E-state index in [0.29, 0.717) is 0 Å². The summed E-state index contributed by atoms with van der Waals surface area (Å²) in [6.07, 6.45) is 1.07. The highest BCUT2D eigenvalue weighted by atomic mass is 15.0. The van der Waals surface area contributed by atoms with Gasteiger partial charge in [-0.1, -0.05) is 13.0 Å². The fourth-order valence-electron chi connectivity index (χ4n) is 1.67. The van der Waals surface area contributed by atoms with Crippen molar-refractivity contribution in [2.24, 2.45) is 0 Å². The number of benzene rings is 1. The second-order valence-corrected chi connectivity index (χ2v) is 3.61. The SMILES string of the molecule is CCNc1ccc2cc(CC)ccc2n1. The first-order valence-electron chi connectivity index (χ1n) is 5.47. The van der Waals surface area contributed by atoms with Gasteiger partial charge >= 0.3 is 0 Å². The molecule has 0 aliphatic heterocycles. The molecule has 0 bridgehead atoms. The van der Waals surface area contributed by atoms with Crippen LogP contribution in [-0.4, -0.2) is 11.5 Å². The van der Waals surface area contributed by atoms with Crippen LogP contribution in [0.2, 0.25) is 0 Å². The minimum Gasteiger partial charge on any atom is -0.370 e. The van der Waals surface area contributed by atoms with Crippen molar-refractivity contribution in [2.75, 3.05) is 11.9 Å². The number of aryl methyl sites for hydroxylation is 1. The van der Waals surface area contributed by atoms with Crippen LogP contribution in [0.25, 0.3) is 10.9 Å². The molecule has 0 atom stereocenters. The molecule has 2 rings (SSSR count). The molecule has 1 aromatic heterocycles. The van der Waals surface area contributed by atoms with Crippen LogP contribution >= 0.6 is 0 Å². The molecule has 0 unspecified atom stereocenters. The molecule has 1 N–H and O–H groups in total. The van der Waals surface area contributed by atoms with Gasteiger partial charge in [0.2, 0.25) is 0 Å². The Morgan fingerprint density at radius 3 is 2.73 bits per heavy atom. The van der Waals surface area contributed by atoms with Gasteiger partial charge in [0.05, 0.1) is 5.52 Å². The zero-order valence-corrected chi connectivity index (χ0v) is 9.25. The average Bonchev–Trinajstić information content (AvgIpc) is 2.29. The van der Waals surface area contributed by atoms with E-state index in [4.69, 9.17) is 0 Å². The van der Waals surface area contributed by atoms with Gasteiger partial charge < -0.3 is 5.32 Å². The minimum atomic E-state index is 0.908. The second kappa shape index (κ2) is 4.30. The predicted octanol–water partition coefficient (Wildman–Crippen LogP) is 3.23. The Morgan fingerprint density at radius 1 is 1.13 bits per heavy atom. The van der Waals surface area contributed by atoms with Gasteiger partial charge in [-0.15, -0.1) is 0 Å². The Hall–Kier alpha value is -1.57. The van der Waals surface area contributed by atoms with Crippen LogP contribution in [0, 0.1) is 0 Å². The molecule has 2 aromatic rings. The lowest BCUT2D eigenvalue weighted by Gasteiger charge is -2.05. The number of hydrogen-bond donors (Lipinski definition) is 1. The first-order chi connectivity index (χ1) is 7.33. The summed E-state index contributed by atoms with van der Waals surface area (Å²) in [6, 6.07) is 10.6. The van der Waals surface area contributed by atoms with Crippen molar-refractivity contribution in [3.8, 4) is 0 Å². The molecule has 0 aliphatic carbocycles. The highest BCUT2D eigenvalue weighted by molar-refractivity contribution is 5.80.